The summed E-state index contributed by atoms with van der Waals surface area (Å²) in [6.07, 6.45) is 4.27. The highest BCUT2D eigenvalue weighted by atomic mass is 16.5. The minimum absolute atomic E-state index is 0.142. The Morgan fingerprint density at radius 2 is 2.04 bits per heavy atom. The van der Waals surface area contributed by atoms with Crippen LogP contribution in [0.15, 0.2) is 57.7 Å². The van der Waals surface area contributed by atoms with Crippen LogP contribution in [-0.2, 0) is 18.0 Å². The van der Waals surface area contributed by atoms with E-state index in [0.29, 0.717) is 30.6 Å². The number of benzene rings is 1. The van der Waals surface area contributed by atoms with Gasteiger partial charge < -0.3 is 18.6 Å². The molecule has 1 unspecified atom stereocenters. The highest BCUT2D eigenvalue weighted by molar-refractivity contribution is 5.91. The number of rotatable bonds is 6. The van der Waals surface area contributed by atoms with Crippen molar-refractivity contribution < 1.29 is 18.5 Å². The fourth-order valence-corrected chi connectivity index (χ4v) is 3.28. The average molecular weight is 367 g/mol. The average Bonchev–Trinajstić information content (AvgIpc) is 3.41. The minimum Gasteiger partial charge on any atom is -0.459 e. The summed E-state index contributed by atoms with van der Waals surface area (Å²) in [4.78, 5) is 18.9. The zero-order chi connectivity index (χ0) is 18.5. The second-order valence-electron chi connectivity index (χ2n) is 6.51. The number of hydrogen-bond donors (Lipinski definition) is 0. The monoisotopic (exact) mass is 367 g/mol. The molecule has 27 heavy (non-hydrogen) atoms. The number of piperidine rings is 1. The van der Waals surface area contributed by atoms with Gasteiger partial charge in [0.1, 0.15) is 6.61 Å². The SMILES string of the molecule is O=C(c1ccco1)N1CCCCC1c1noc(COCc2ccccc2)n1. The molecule has 1 aliphatic rings. The number of amides is 1. The molecule has 7 heteroatoms. The van der Waals surface area contributed by atoms with Gasteiger partial charge in [-0.3, -0.25) is 4.79 Å². The molecule has 0 bridgehead atoms. The number of hydrogen-bond acceptors (Lipinski definition) is 6. The maximum absolute atomic E-state index is 12.7. The smallest absolute Gasteiger partial charge is 0.290 e. The van der Waals surface area contributed by atoms with E-state index in [1.165, 1.54) is 6.26 Å². The van der Waals surface area contributed by atoms with Crippen LogP contribution in [0.4, 0.5) is 0 Å². The first-order valence-corrected chi connectivity index (χ1v) is 9.10. The van der Waals surface area contributed by atoms with Gasteiger partial charge in [0.2, 0.25) is 0 Å². The molecule has 0 N–H and O–H groups in total. The van der Waals surface area contributed by atoms with Crippen LogP contribution in [0.5, 0.6) is 0 Å². The zero-order valence-electron chi connectivity index (χ0n) is 14.9. The van der Waals surface area contributed by atoms with Crippen LogP contribution in [0.3, 0.4) is 0 Å². The van der Waals surface area contributed by atoms with E-state index in [-0.39, 0.29) is 18.6 Å². The second-order valence-corrected chi connectivity index (χ2v) is 6.51. The summed E-state index contributed by atoms with van der Waals surface area (Å²) < 4.78 is 16.2. The molecule has 2 aromatic heterocycles. The molecule has 1 aliphatic heterocycles. The molecule has 1 amide bonds. The maximum atomic E-state index is 12.7. The molecule has 0 saturated carbocycles. The van der Waals surface area contributed by atoms with Crippen LogP contribution in [0, 0.1) is 0 Å². The van der Waals surface area contributed by atoms with Crippen LogP contribution < -0.4 is 0 Å². The van der Waals surface area contributed by atoms with Gasteiger partial charge in [0.05, 0.1) is 18.9 Å². The summed E-state index contributed by atoms with van der Waals surface area (Å²) in [7, 11) is 0. The van der Waals surface area contributed by atoms with Gasteiger partial charge >= 0.3 is 0 Å². The lowest BCUT2D eigenvalue weighted by Crippen LogP contribution is -2.38. The molecule has 3 aromatic rings. The number of carbonyl (C=O) groups excluding carboxylic acids is 1. The summed E-state index contributed by atoms with van der Waals surface area (Å²) in [5.74, 6) is 1.12. The Labute approximate surface area is 156 Å². The Balaban J connectivity index is 1.40. The molecule has 4 rings (SSSR count). The number of likely N-dealkylation sites (tertiary alicyclic amines) is 1. The van der Waals surface area contributed by atoms with E-state index in [1.807, 2.05) is 30.3 Å². The fourth-order valence-electron chi connectivity index (χ4n) is 3.28. The standard InChI is InChI=1S/C20H21N3O4/c24-20(17-10-6-12-26-17)23-11-5-4-9-16(23)19-21-18(27-22-19)14-25-13-15-7-2-1-3-8-15/h1-3,6-8,10,12,16H,4-5,9,11,13-14H2. The third-order valence-electron chi connectivity index (χ3n) is 4.61. The zero-order valence-corrected chi connectivity index (χ0v) is 14.9. The quantitative estimate of drug-likeness (QED) is 0.660. The number of ether oxygens (including phenoxy) is 1. The van der Waals surface area contributed by atoms with Crippen molar-refractivity contribution in [2.24, 2.45) is 0 Å². The maximum Gasteiger partial charge on any atom is 0.290 e. The van der Waals surface area contributed by atoms with Crippen molar-refractivity contribution in [3.05, 3.63) is 71.8 Å². The van der Waals surface area contributed by atoms with E-state index < -0.39 is 0 Å². The van der Waals surface area contributed by atoms with Gasteiger partial charge in [-0.2, -0.15) is 4.98 Å². The predicted molar refractivity (Wildman–Crippen MR) is 95.6 cm³/mol. The number of carbonyl (C=O) groups is 1. The lowest BCUT2D eigenvalue weighted by Gasteiger charge is -2.33. The Hall–Kier alpha value is -2.93. The van der Waals surface area contributed by atoms with Gasteiger partial charge in [-0.1, -0.05) is 35.5 Å². The molecule has 3 heterocycles. The van der Waals surface area contributed by atoms with E-state index in [1.54, 1.807) is 17.0 Å². The Morgan fingerprint density at radius 1 is 1.15 bits per heavy atom. The van der Waals surface area contributed by atoms with E-state index in [4.69, 9.17) is 13.7 Å². The topological polar surface area (TPSA) is 81.6 Å². The Kier molecular flexibility index (Phi) is 5.29. The number of aromatic nitrogens is 2. The number of furan rings is 1. The lowest BCUT2D eigenvalue weighted by atomic mass is 10.0. The summed E-state index contributed by atoms with van der Waals surface area (Å²) in [6, 6.07) is 13.1. The van der Waals surface area contributed by atoms with Crippen molar-refractivity contribution in [2.75, 3.05) is 6.54 Å². The predicted octanol–water partition coefficient (Wildman–Crippen LogP) is 3.75. The van der Waals surface area contributed by atoms with Gasteiger partial charge in [-0.25, -0.2) is 0 Å². The largest absolute Gasteiger partial charge is 0.459 e. The van der Waals surface area contributed by atoms with Crippen molar-refractivity contribution in [2.45, 2.75) is 38.5 Å². The highest BCUT2D eigenvalue weighted by Crippen LogP contribution is 2.30. The molecule has 1 atom stereocenters. The van der Waals surface area contributed by atoms with Gasteiger partial charge in [-0.05, 0) is 37.0 Å². The molecule has 1 aromatic carbocycles. The summed E-state index contributed by atoms with van der Waals surface area (Å²) in [6.45, 7) is 1.37. The summed E-state index contributed by atoms with van der Waals surface area (Å²) in [5, 5.41) is 4.09. The van der Waals surface area contributed by atoms with Crippen molar-refractivity contribution in [1.82, 2.24) is 15.0 Å². The molecule has 0 spiro atoms. The lowest BCUT2D eigenvalue weighted by molar-refractivity contribution is 0.0564. The first kappa shape index (κ1) is 17.5. The molecule has 0 radical (unpaired) electrons. The van der Waals surface area contributed by atoms with E-state index in [2.05, 4.69) is 10.1 Å². The Bertz CT molecular complexity index is 861. The summed E-state index contributed by atoms with van der Waals surface area (Å²) in [5.41, 5.74) is 1.08. The van der Waals surface area contributed by atoms with Crippen LogP contribution in [0.25, 0.3) is 0 Å². The molecule has 140 valence electrons. The first-order valence-electron chi connectivity index (χ1n) is 9.10. The third kappa shape index (κ3) is 4.09. The van der Waals surface area contributed by atoms with Gasteiger partial charge in [-0.15, -0.1) is 0 Å². The first-order chi connectivity index (χ1) is 13.3. The van der Waals surface area contributed by atoms with Crippen molar-refractivity contribution >= 4 is 5.91 Å². The normalized spacial score (nSPS) is 17.2. The van der Waals surface area contributed by atoms with Crippen LogP contribution in [0.1, 0.15) is 53.1 Å². The second kappa shape index (κ2) is 8.18. The molecule has 7 nitrogen and oxygen atoms in total. The van der Waals surface area contributed by atoms with Gasteiger partial charge in [0.15, 0.2) is 11.6 Å². The van der Waals surface area contributed by atoms with Crippen LogP contribution >= 0.6 is 0 Å². The van der Waals surface area contributed by atoms with Crippen LogP contribution in [-0.4, -0.2) is 27.5 Å². The van der Waals surface area contributed by atoms with Crippen molar-refractivity contribution in [3.63, 3.8) is 0 Å². The molecule has 1 fully saturated rings. The summed E-state index contributed by atoms with van der Waals surface area (Å²) >= 11 is 0. The minimum atomic E-state index is -0.206. The molecular formula is C20H21N3O4. The number of nitrogens with zero attached hydrogens (tertiary/aromatic N) is 3. The molecular weight excluding hydrogens is 346 g/mol. The van der Waals surface area contributed by atoms with E-state index in [9.17, 15) is 4.79 Å². The fraction of sp³-hybridized carbons (Fsp3) is 0.350. The van der Waals surface area contributed by atoms with Crippen molar-refractivity contribution in [1.29, 1.82) is 0 Å². The van der Waals surface area contributed by atoms with E-state index >= 15 is 0 Å². The van der Waals surface area contributed by atoms with Gasteiger partial charge in [0.25, 0.3) is 11.8 Å². The molecule has 1 saturated heterocycles. The third-order valence-corrected chi connectivity index (χ3v) is 4.61. The van der Waals surface area contributed by atoms with Gasteiger partial charge in [0, 0.05) is 6.54 Å². The molecule has 0 aliphatic carbocycles. The van der Waals surface area contributed by atoms with Crippen molar-refractivity contribution in [3.8, 4) is 0 Å². The van der Waals surface area contributed by atoms with E-state index in [0.717, 1.165) is 24.8 Å². The highest BCUT2D eigenvalue weighted by Gasteiger charge is 2.33. The van der Waals surface area contributed by atoms with Crippen LogP contribution in [0.2, 0.25) is 0 Å². The Morgan fingerprint density at radius 3 is 2.85 bits per heavy atom.